The van der Waals surface area contributed by atoms with Crippen LogP contribution in [0.1, 0.15) is 35.9 Å². The van der Waals surface area contributed by atoms with Crippen molar-refractivity contribution in [3.05, 3.63) is 74.6 Å². The summed E-state index contributed by atoms with van der Waals surface area (Å²) in [5, 5.41) is 2.99. The molecule has 0 bridgehead atoms. The molecule has 1 aromatic carbocycles. The van der Waals surface area contributed by atoms with Gasteiger partial charge in [-0.05, 0) is 11.5 Å². The highest BCUT2D eigenvalue weighted by atomic mass is 32.1. The SMILES string of the molecule is CC(C)c1ccc(-c2ncc(CN3CCN(Cc4cc(=O)n5ccsc5n4)CC3)s2)cc1. The first-order valence-corrected chi connectivity index (χ1v) is 12.7. The van der Waals surface area contributed by atoms with Crippen LogP contribution < -0.4 is 5.56 Å². The van der Waals surface area contributed by atoms with Gasteiger partial charge in [0.1, 0.15) is 5.01 Å². The van der Waals surface area contributed by atoms with Crippen molar-refractivity contribution in [3.63, 3.8) is 0 Å². The van der Waals surface area contributed by atoms with E-state index in [9.17, 15) is 4.79 Å². The van der Waals surface area contributed by atoms with Crippen LogP contribution in [0.2, 0.25) is 0 Å². The van der Waals surface area contributed by atoms with Gasteiger partial charge in [-0.1, -0.05) is 38.1 Å². The predicted molar refractivity (Wildman–Crippen MR) is 132 cm³/mol. The van der Waals surface area contributed by atoms with E-state index in [1.165, 1.54) is 27.3 Å². The largest absolute Gasteiger partial charge is 0.296 e. The lowest BCUT2D eigenvalue weighted by Gasteiger charge is -2.34. The normalized spacial score (nSPS) is 15.7. The molecule has 5 rings (SSSR count). The minimum absolute atomic E-state index is 0.00438. The van der Waals surface area contributed by atoms with Crippen molar-refractivity contribution in [2.75, 3.05) is 26.2 Å². The average molecular weight is 466 g/mol. The van der Waals surface area contributed by atoms with Gasteiger partial charge in [0.25, 0.3) is 5.56 Å². The standard InChI is InChI=1S/C24H27N5OS2/c1-17(2)18-3-5-19(6-4-18)23-25-14-21(32-23)16-28-9-7-27(8-10-28)15-20-13-22(30)29-11-12-31-24(29)26-20/h3-6,11-14,17H,7-10,15-16H2,1-2H3. The summed E-state index contributed by atoms with van der Waals surface area (Å²) in [6.45, 7) is 10.1. The fourth-order valence-electron chi connectivity index (χ4n) is 4.05. The number of rotatable bonds is 6. The molecule has 32 heavy (non-hydrogen) atoms. The summed E-state index contributed by atoms with van der Waals surface area (Å²) < 4.78 is 1.61. The zero-order valence-corrected chi connectivity index (χ0v) is 20.0. The molecule has 4 heterocycles. The van der Waals surface area contributed by atoms with Crippen molar-refractivity contribution in [3.8, 4) is 10.6 Å². The number of piperazine rings is 1. The fraction of sp³-hybridized carbons (Fsp3) is 0.375. The first kappa shape index (κ1) is 21.5. The van der Waals surface area contributed by atoms with Crippen molar-refractivity contribution in [1.29, 1.82) is 0 Å². The Hall–Kier alpha value is -2.39. The number of fused-ring (bicyclic) bond motifs is 1. The third-order valence-corrected chi connectivity index (χ3v) is 7.75. The van der Waals surface area contributed by atoms with Crippen molar-refractivity contribution in [2.45, 2.75) is 32.9 Å². The summed E-state index contributed by atoms with van der Waals surface area (Å²) in [5.74, 6) is 0.546. The first-order chi connectivity index (χ1) is 15.5. The Labute approximate surface area is 195 Å². The summed E-state index contributed by atoms with van der Waals surface area (Å²) in [6.07, 6.45) is 3.81. The number of hydrogen-bond acceptors (Lipinski definition) is 7. The molecule has 0 atom stereocenters. The van der Waals surface area contributed by atoms with E-state index < -0.39 is 0 Å². The zero-order valence-electron chi connectivity index (χ0n) is 18.4. The second-order valence-electron chi connectivity index (χ2n) is 8.60. The van der Waals surface area contributed by atoms with Crippen LogP contribution in [0.3, 0.4) is 0 Å². The van der Waals surface area contributed by atoms with E-state index in [1.807, 2.05) is 11.6 Å². The van der Waals surface area contributed by atoms with Crippen LogP contribution in [0.4, 0.5) is 0 Å². The van der Waals surface area contributed by atoms with E-state index in [0.717, 1.165) is 54.9 Å². The summed E-state index contributed by atoms with van der Waals surface area (Å²) in [4.78, 5) is 28.5. The Kier molecular flexibility index (Phi) is 6.19. The van der Waals surface area contributed by atoms with Crippen LogP contribution >= 0.6 is 22.7 Å². The predicted octanol–water partition coefficient (Wildman–Crippen LogP) is 4.32. The Morgan fingerprint density at radius 1 is 1.03 bits per heavy atom. The van der Waals surface area contributed by atoms with Gasteiger partial charge < -0.3 is 0 Å². The van der Waals surface area contributed by atoms with Gasteiger partial charge in [-0.3, -0.25) is 19.0 Å². The first-order valence-electron chi connectivity index (χ1n) is 11.0. The quantitative estimate of drug-likeness (QED) is 0.424. The number of aromatic nitrogens is 3. The summed E-state index contributed by atoms with van der Waals surface area (Å²) in [7, 11) is 0. The molecule has 1 fully saturated rings. The fourth-order valence-corrected chi connectivity index (χ4v) is 5.75. The van der Waals surface area contributed by atoms with E-state index in [1.54, 1.807) is 28.0 Å². The molecule has 8 heteroatoms. The van der Waals surface area contributed by atoms with Gasteiger partial charge in [0, 0.05) is 73.5 Å². The van der Waals surface area contributed by atoms with Gasteiger partial charge in [0.15, 0.2) is 4.96 Å². The minimum atomic E-state index is 0.00438. The Morgan fingerprint density at radius 3 is 2.47 bits per heavy atom. The molecular formula is C24H27N5OS2. The maximum atomic E-state index is 12.2. The molecule has 6 nitrogen and oxygen atoms in total. The molecule has 4 aromatic rings. The van der Waals surface area contributed by atoms with Gasteiger partial charge >= 0.3 is 0 Å². The third kappa shape index (κ3) is 4.68. The lowest BCUT2D eigenvalue weighted by atomic mass is 10.0. The van der Waals surface area contributed by atoms with E-state index >= 15 is 0 Å². The highest BCUT2D eigenvalue weighted by Crippen LogP contribution is 2.27. The number of thiazole rings is 2. The van der Waals surface area contributed by atoms with E-state index in [4.69, 9.17) is 0 Å². The lowest BCUT2D eigenvalue weighted by molar-refractivity contribution is 0.122. The van der Waals surface area contributed by atoms with E-state index in [-0.39, 0.29) is 5.56 Å². The number of benzene rings is 1. The highest BCUT2D eigenvalue weighted by molar-refractivity contribution is 7.15. The molecule has 0 N–H and O–H groups in total. The summed E-state index contributed by atoms with van der Waals surface area (Å²) in [6, 6.07) is 10.5. The van der Waals surface area contributed by atoms with Crippen molar-refractivity contribution in [1.82, 2.24) is 24.2 Å². The highest BCUT2D eigenvalue weighted by Gasteiger charge is 2.19. The Balaban J connectivity index is 1.16. The topological polar surface area (TPSA) is 53.7 Å². The molecular weight excluding hydrogens is 438 g/mol. The molecule has 3 aromatic heterocycles. The van der Waals surface area contributed by atoms with Crippen LogP contribution in [-0.4, -0.2) is 50.3 Å². The zero-order chi connectivity index (χ0) is 22.1. The molecule has 0 amide bonds. The monoisotopic (exact) mass is 465 g/mol. The minimum Gasteiger partial charge on any atom is -0.296 e. The molecule has 1 saturated heterocycles. The van der Waals surface area contributed by atoms with E-state index in [0.29, 0.717) is 5.92 Å². The smallest absolute Gasteiger partial charge is 0.258 e. The van der Waals surface area contributed by atoms with Crippen LogP contribution in [-0.2, 0) is 13.1 Å². The maximum absolute atomic E-state index is 12.2. The second kappa shape index (κ2) is 9.23. The Bertz CT molecular complexity index is 1250. The molecule has 1 aliphatic heterocycles. The summed E-state index contributed by atoms with van der Waals surface area (Å²) >= 11 is 3.29. The maximum Gasteiger partial charge on any atom is 0.258 e. The molecule has 0 radical (unpaired) electrons. The average Bonchev–Trinajstić information content (AvgIpc) is 3.45. The summed E-state index contributed by atoms with van der Waals surface area (Å²) in [5.41, 5.74) is 3.42. The Morgan fingerprint density at radius 2 is 1.75 bits per heavy atom. The molecule has 0 spiro atoms. The van der Waals surface area contributed by atoms with Crippen molar-refractivity contribution >= 4 is 27.6 Å². The molecule has 0 saturated carbocycles. The van der Waals surface area contributed by atoms with Crippen molar-refractivity contribution < 1.29 is 0 Å². The van der Waals surface area contributed by atoms with Gasteiger partial charge in [0.2, 0.25) is 0 Å². The van der Waals surface area contributed by atoms with E-state index in [2.05, 4.69) is 57.9 Å². The number of nitrogens with zero attached hydrogens (tertiary/aromatic N) is 5. The lowest BCUT2D eigenvalue weighted by Crippen LogP contribution is -2.45. The van der Waals surface area contributed by atoms with Crippen LogP contribution in [0.15, 0.2) is 52.9 Å². The number of hydrogen-bond donors (Lipinski definition) is 0. The van der Waals surface area contributed by atoms with Gasteiger partial charge in [-0.2, -0.15) is 0 Å². The van der Waals surface area contributed by atoms with Crippen molar-refractivity contribution in [2.24, 2.45) is 0 Å². The van der Waals surface area contributed by atoms with Gasteiger partial charge in [-0.15, -0.1) is 22.7 Å². The molecule has 1 aliphatic rings. The third-order valence-electron chi connectivity index (χ3n) is 5.96. The molecule has 0 unspecified atom stereocenters. The van der Waals surface area contributed by atoms with Crippen LogP contribution in [0.5, 0.6) is 0 Å². The van der Waals surface area contributed by atoms with Gasteiger partial charge in [0.05, 0.1) is 5.69 Å². The van der Waals surface area contributed by atoms with Gasteiger partial charge in [-0.25, -0.2) is 9.97 Å². The molecule has 0 aliphatic carbocycles. The second-order valence-corrected chi connectivity index (χ2v) is 10.6. The van der Waals surface area contributed by atoms with Crippen LogP contribution in [0.25, 0.3) is 15.5 Å². The molecule has 166 valence electrons. The van der Waals surface area contributed by atoms with Crippen LogP contribution in [0, 0.1) is 0 Å².